The summed E-state index contributed by atoms with van der Waals surface area (Å²) in [4.78, 5) is 4.61. The number of ether oxygens (including phenoxy) is 1. The normalized spacial score (nSPS) is 14.8. The number of guanidine groups is 1. The molecule has 1 aliphatic carbocycles. The summed E-state index contributed by atoms with van der Waals surface area (Å²) >= 11 is 0. The third-order valence-corrected chi connectivity index (χ3v) is 3.90. The molecular weight excluding hydrogens is 286 g/mol. The number of aryl methyl sites for hydroxylation is 1. The number of nitrogens with zero attached hydrogens (tertiary/aromatic N) is 1. The number of hydrogen-bond donors (Lipinski definition) is 2. The molecule has 0 amide bonds. The Kier molecular flexibility index (Phi) is 7.95. The van der Waals surface area contributed by atoms with Crippen LogP contribution in [-0.2, 0) is 11.2 Å². The average molecular weight is 317 g/mol. The molecule has 0 spiro atoms. The Labute approximate surface area is 140 Å². The Bertz CT molecular complexity index is 483. The minimum absolute atomic E-state index is 0.810. The first-order valence-electron chi connectivity index (χ1n) is 8.93. The summed E-state index contributed by atoms with van der Waals surface area (Å²) < 4.78 is 5.64. The second-order valence-electron chi connectivity index (χ2n) is 6.30. The van der Waals surface area contributed by atoms with Gasteiger partial charge in [-0.2, -0.15) is 0 Å². The van der Waals surface area contributed by atoms with Gasteiger partial charge in [0.05, 0.1) is 0 Å². The van der Waals surface area contributed by atoms with Crippen LogP contribution in [0.1, 0.15) is 37.3 Å². The third kappa shape index (κ3) is 8.03. The summed E-state index contributed by atoms with van der Waals surface area (Å²) in [6.07, 6.45) is 4.71. The Balaban J connectivity index is 1.62. The number of aliphatic imine (C=N–C) groups is 1. The van der Waals surface area contributed by atoms with Crippen LogP contribution < -0.4 is 10.6 Å². The highest BCUT2D eigenvalue weighted by Crippen LogP contribution is 2.28. The molecule has 0 bridgehead atoms. The van der Waals surface area contributed by atoms with E-state index in [2.05, 4.69) is 53.7 Å². The van der Waals surface area contributed by atoms with Crippen LogP contribution in [-0.4, -0.2) is 38.8 Å². The lowest BCUT2D eigenvalue weighted by atomic mass is 10.1. The molecular formula is C19H31N3O. The van der Waals surface area contributed by atoms with E-state index in [4.69, 9.17) is 4.74 Å². The predicted molar refractivity (Wildman–Crippen MR) is 97.0 cm³/mol. The Morgan fingerprint density at radius 2 is 2.17 bits per heavy atom. The first kappa shape index (κ1) is 17.8. The first-order chi connectivity index (χ1) is 11.3. The van der Waals surface area contributed by atoms with Crippen LogP contribution in [0.4, 0.5) is 0 Å². The van der Waals surface area contributed by atoms with Gasteiger partial charge >= 0.3 is 0 Å². The van der Waals surface area contributed by atoms with Gasteiger partial charge in [-0.05, 0) is 51.0 Å². The summed E-state index contributed by atoms with van der Waals surface area (Å²) in [6, 6.07) is 8.66. The maximum absolute atomic E-state index is 5.64. The van der Waals surface area contributed by atoms with Crippen molar-refractivity contribution in [3.8, 4) is 0 Å². The van der Waals surface area contributed by atoms with Crippen LogP contribution in [0.15, 0.2) is 29.3 Å². The van der Waals surface area contributed by atoms with Crippen LogP contribution in [0.5, 0.6) is 0 Å². The molecule has 1 saturated carbocycles. The van der Waals surface area contributed by atoms with Gasteiger partial charge in [-0.3, -0.25) is 4.99 Å². The van der Waals surface area contributed by atoms with Gasteiger partial charge in [0.1, 0.15) is 0 Å². The first-order valence-corrected chi connectivity index (χ1v) is 8.93. The lowest BCUT2D eigenvalue weighted by molar-refractivity contribution is 0.123. The highest BCUT2D eigenvalue weighted by Gasteiger charge is 2.20. The minimum Gasteiger partial charge on any atom is -0.381 e. The molecule has 128 valence electrons. The smallest absolute Gasteiger partial charge is 0.191 e. The second-order valence-corrected chi connectivity index (χ2v) is 6.30. The molecule has 4 heteroatoms. The van der Waals surface area contributed by atoms with Crippen molar-refractivity contribution in [1.82, 2.24) is 10.6 Å². The van der Waals surface area contributed by atoms with Gasteiger partial charge in [0.2, 0.25) is 0 Å². The van der Waals surface area contributed by atoms with Crippen molar-refractivity contribution in [2.75, 3.05) is 32.8 Å². The second kappa shape index (κ2) is 10.3. The topological polar surface area (TPSA) is 45.7 Å². The van der Waals surface area contributed by atoms with Crippen LogP contribution in [0.25, 0.3) is 0 Å². The Morgan fingerprint density at radius 1 is 1.30 bits per heavy atom. The predicted octanol–water partition coefficient (Wildman–Crippen LogP) is 2.91. The van der Waals surface area contributed by atoms with Crippen molar-refractivity contribution >= 4 is 5.96 Å². The average Bonchev–Trinajstić information content (AvgIpc) is 3.35. The molecule has 0 aliphatic heterocycles. The van der Waals surface area contributed by atoms with Crippen LogP contribution in [0.3, 0.4) is 0 Å². The van der Waals surface area contributed by atoms with E-state index in [9.17, 15) is 0 Å². The van der Waals surface area contributed by atoms with Gasteiger partial charge < -0.3 is 15.4 Å². The maximum atomic E-state index is 5.64. The van der Waals surface area contributed by atoms with Gasteiger partial charge in [-0.15, -0.1) is 0 Å². The van der Waals surface area contributed by atoms with Crippen LogP contribution in [0, 0.1) is 12.8 Å². The van der Waals surface area contributed by atoms with Crippen molar-refractivity contribution in [3.63, 3.8) is 0 Å². The Hall–Kier alpha value is -1.55. The largest absolute Gasteiger partial charge is 0.381 e. The Morgan fingerprint density at radius 3 is 2.91 bits per heavy atom. The zero-order valence-corrected chi connectivity index (χ0v) is 14.6. The lowest BCUT2D eigenvalue weighted by Crippen LogP contribution is -2.38. The molecule has 4 nitrogen and oxygen atoms in total. The summed E-state index contributed by atoms with van der Waals surface area (Å²) in [5.74, 6) is 1.75. The van der Waals surface area contributed by atoms with E-state index >= 15 is 0 Å². The molecule has 1 aromatic rings. The number of benzene rings is 1. The number of hydrogen-bond acceptors (Lipinski definition) is 2. The SMILES string of the molecule is CCNC(=NCCCOCC1CC1)NCCc1cccc(C)c1. The standard InChI is InChI=1S/C19H31N3O/c1-3-20-19(21-11-5-13-23-15-18-8-9-18)22-12-10-17-7-4-6-16(2)14-17/h4,6-7,14,18H,3,5,8-13,15H2,1-2H3,(H2,20,21,22). The maximum Gasteiger partial charge on any atom is 0.191 e. The van der Waals surface area contributed by atoms with Crippen molar-refractivity contribution < 1.29 is 4.74 Å². The van der Waals surface area contributed by atoms with E-state index in [0.717, 1.165) is 57.6 Å². The number of nitrogens with one attached hydrogen (secondary N) is 2. The molecule has 2 N–H and O–H groups in total. The zero-order chi connectivity index (χ0) is 16.3. The van der Waals surface area contributed by atoms with E-state index in [1.807, 2.05) is 0 Å². The third-order valence-electron chi connectivity index (χ3n) is 3.90. The van der Waals surface area contributed by atoms with Crippen LogP contribution in [0.2, 0.25) is 0 Å². The molecule has 1 aromatic carbocycles. The summed E-state index contributed by atoms with van der Waals surface area (Å²) in [5, 5.41) is 6.70. The highest BCUT2D eigenvalue weighted by atomic mass is 16.5. The van der Waals surface area contributed by atoms with Crippen molar-refractivity contribution in [1.29, 1.82) is 0 Å². The summed E-state index contributed by atoms with van der Waals surface area (Å²) in [5.41, 5.74) is 2.68. The molecule has 0 atom stereocenters. The molecule has 23 heavy (non-hydrogen) atoms. The molecule has 0 aromatic heterocycles. The molecule has 1 fully saturated rings. The van der Waals surface area contributed by atoms with Crippen molar-refractivity contribution in [2.45, 2.75) is 39.5 Å². The fourth-order valence-electron chi connectivity index (χ4n) is 2.43. The van der Waals surface area contributed by atoms with Gasteiger partial charge in [-0.25, -0.2) is 0 Å². The molecule has 0 radical (unpaired) electrons. The fraction of sp³-hybridized carbons (Fsp3) is 0.632. The monoisotopic (exact) mass is 317 g/mol. The lowest BCUT2D eigenvalue weighted by Gasteiger charge is -2.11. The molecule has 0 saturated heterocycles. The molecule has 0 heterocycles. The van der Waals surface area contributed by atoms with E-state index in [-0.39, 0.29) is 0 Å². The van der Waals surface area contributed by atoms with Gasteiger partial charge in [0.15, 0.2) is 5.96 Å². The number of rotatable bonds is 10. The molecule has 0 unspecified atom stereocenters. The fourth-order valence-corrected chi connectivity index (χ4v) is 2.43. The molecule has 1 aliphatic rings. The van der Waals surface area contributed by atoms with Crippen LogP contribution >= 0.6 is 0 Å². The van der Waals surface area contributed by atoms with Crippen molar-refractivity contribution in [3.05, 3.63) is 35.4 Å². The van der Waals surface area contributed by atoms with E-state index < -0.39 is 0 Å². The van der Waals surface area contributed by atoms with E-state index in [0.29, 0.717) is 0 Å². The highest BCUT2D eigenvalue weighted by molar-refractivity contribution is 5.79. The van der Waals surface area contributed by atoms with Gasteiger partial charge in [0, 0.05) is 32.8 Å². The van der Waals surface area contributed by atoms with Crippen molar-refractivity contribution in [2.24, 2.45) is 10.9 Å². The summed E-state index contributed by atoms with van der Waals surface area (Å²) in [7, 11) is 0. The summed E-state index contributed by atoms with van der Waals surface area (Å²) in [6.45, 7) is 8.58. The van der Waals surface area contributed by atoms with Gasteiger partial charge in [-0.1, -0.05) is 29.8 Å². The molecule has 2 rings (SSSR count). The van der Waals surface area contributed by atoms with E-state index in [1.165, 1.54) is 24.0 Å². The van der Waals surface area contributed by atoms with Gasteiger partial charge in [0.25, 0.3) is 0 Å². The zero-order valence-electron chi connectivity index (χ0n) is 14.6. The quantitative estimate of drug-likeness (QED) is 0.396. The minimum atomic E-state index is 0.810. The van der Waals surface area contributed by atoms with E-state index in [1.54, 1.807) is 0 Å².